The van der Waals surface area contributed by atoms with Crippen molar-refractivity contribution in [3.63, 3.8) is 0 Å². The van der Waals surface area contributed by atoms with E-state index in [9.17, 15) is 14.0 Å². The van der Waals surface area contributed by atoms with Crippen LogP contribution in [0.5, 0.6) is 0 Å². The van der Waals surface area contributed by atoms with Gasteiger partial charge in [0.05, 0.1) is 5.92 Å². The van der Waals surface area contributed by atoms with Crippen LogP contribution in [-0.4, -0.2) is 23.5 Å². The molecule has 1 unspecified atom stereocenters. The minimum absolute atomic E-state index is 0.149. The summed E-state index contributed by atoms with van der Waals surface area (Å²) in [6, 6.07) is 6.00. The highest BCUT2D eigenvalue weighted by molar-refractivity contribution is 5.77. The van der Waals surface area contributed by atoms with E-state index in [0.717, 1.165) is 5.56 Å². The Kier molecular flexibility index (Phi) is 6.85. The Balaban J connectivity index is 2.35. The molecular weight excluding hydrogens is 273 g/mol. The standard InChI is InChI=1S/C16H22FNO3/c1-11(2)9-13(16(20)21)10-18-15(19)8-5-12-3-6-14(17)7-4-12/h3-4,6-7,11,13H,5,8-10H2,1-2H3,(H,18,19)(H,20,21). The molecule has 4 nitrogen and oxygen atoms in total. The van der Waals surface area contributed by atoms with Crippen LogP contribution in [0, 0.1) is 17.7 Å². The van der Waals surface area contributed by atoms with Gasteiger partial charge in [0.15, 0.2) is 0 Å². The molecule has 0 fully saturated rings. The lowest BCUT2D eigenvalue weighted by Gasteiger charge is -2.15. The van der Waals surface area contributed by atoms with Crippen LogP contribution in [0.15, 0.2) is 24.3 Å². The van der Waals surface area contributed by atoms with Crippen LogP contribution < -0.4 is 5.32 Å². The van der Waals surface area contributed by atoms with Crippen LogP contribution in [0.3, 0.4) is 0 Å². The van der Waals surface area contributed by atoms with Gasteiger partial charge in [0.25, 0.3) is 0 Å². The van der Waals surface area contributed by atoms with Crippen LogP contribution in [0.4, 0.5) is 4.39 Å². The Morgan fingerprint density at radius 1 is 1.24 bits per heavy atom. The molecule has 1 amide bonds. The lowest BCUT2D eigenvalue weighted by molar-refractivity contribution is -0.142. The topological polar surface area (TPSA) is 66.4 Å². The normalized spacial score (nSPS) is 12.2. The van der Waals surface area contributed by atoms with Gasteiger partial charge in [-0.3, -0.25) is 9.59 Å². The van der Waals surface area contributed by atoms with Crippen LogP contribution in [-0.2, 0) is 16.0 Å². The van der Waals surface area contributed by atoms with Crippen LogP contribution >= 0.6 is 0 Å². The van der Waals surface area contributed by atoms with Crippen molar-refractivity contribution in [1.82, 2.24) is 5.32 Å². The molecule has 0 aliphatic heterocycles. The number of rotatable bonds is 8. The number of carbonyl (C=O) groups is 2. The van der Waals surface area contributed by atoms with Gasteiger partial charge in [0, 0.05) is 13.0 Å². The van der Waals surface area contributed by atoms with E-state index >= 15 is 0 Å². The van der Waals surface area contributed by atoms with Crippen LogP contribution in [0.2, 0.25) is 0 Å². The van der Waals surface area contributed by atoms with Crippen molar-refractivity contribution in [3.8, 4) is 0 Å². The number of carbonyl (C=O) groups excluding carboxylic acids is 1. The molecule has 1 aromatic rings. The summed E-state index contributed by atoms with van der Waals surface area (Å²) in [7, 11) is 0. The summed E-state index contributed by atoms with van der Waals surface area (Å²) in [5.74, 6) is -1.67. The highest BCUT2D eigenvalue weighted by atomic mass is 19.1. The molecule has 0 radical (unpaired) electrons. The van der Waals surface area contributed by atoms with Gasteiger partial charge >= 0.3 is 5.97 Å². The molecule has 0 aliphatic rings. The zero-order valence-electron chi connectivity index (χ0n) is 12.4. The average Bonchev–Trinajstić information content (AvgIpc) is 2.42. The zero-order valence-corrected chi connectivity index (χ0v) is 12.4. The summed E-state index contributed by atoms with van der Waals surface area (Å²) in [6.07, 6.45) is 1.31. The lowest BCUT2D eigenvalue weighted by atomic mass is 9.97. The molecule has 0 saturated carbocycles. The Bertz CT molecular complexity index is 471. The molecule has 1 aromatic carbocycles. The van der Waals surface area contributed by atoms with Gasteiger partial charge in [0.1, 0.15) is 5.82 Å². The lowest BCUT2D eigenvalue weighted by Crippen LogP contribution is -2.33. The molecule has 116 valence electrons. The van der Waals surface area contributed by atoms with E-state index in [2.05, 4.69) is 5.32 Å². The SMILES string of the molecule is CC(C)CC(CNC(=O)CCc1ccc(F)cc1)C(=O)O. The minimum atomic E-state index is -0.887. The molecule has 0 heterocycles. The summed E-state index contributed by atoms with van der Waals surface area (Å²) < 4.78 is 12.7. The quantitative estimate of drug-likeness (QED) is 0.774. The van der Waals surface area contributed by atoms with Gasteiger partial charge in [0.2, 0.25) is 5.91 Å². The molecule has 2 N–H and O–H groups in total. The zero-order chi connectivity index (χ0) is 15.8. The van der Waals surface area contributed by atoms with Crippen molar-refractivity contribution in [2.75, 3.05) is 6.54 Å². The van der Waals surface area contributed by atoms with E-state index in [1.807, 2.05) is 13.8 Å². The molecule has 1 atom stereocenters. The van der Waals surface area contributed by atoms with Gasteiger partial charge < -0.3 is 10.4 Å². The molecular formula is C16H22FNO3. The van der Waals surface area contributed by atoms with Crippen molar-refractivity contribution in [2.24, 2.45) is 11.8 Å². The summed E-state index contributed by atoms with van der Waals surface area (Å²) >= 11 is 0. The largest absolute Gasteiger partial charge is 0.481 e. The van der Waals surface area contributed by atoms with Crippen molar-refractivity contribution in [1.29, 1.82) is 0 Å². The first-order chi connectivity index (χ1) is 9.88. The van der Waals surface area contributed by atoms with Crippen molar-refractivity contribution in [2.45, 2.75) is 33.1 Å². The van der Waals surface area contributed by atoms with Gasteiger partial charge in [-0.15, -0.1) is 0 Å². The number of carboxylic acid groups (broad SMARTS) is 1. The van der Waals surface area contributed by atoms with Gasteiger partial charge in [-0.2, -0.15) is 0 Å². The predicted molar refractivity (Wildman–Crippen MR) is 78.3 cm³/mol. The van der Waals surface area contributed by atoms with E-state index in [0.29, 0.717) is 12.8 Å². The van der Waals surface area contributed by atoms with E-state index in [-0.39, 0.29) is 30.6 Å². The Morgan fingerprint density at radius 2 is 1.86 bits per heavy atom. The van der Waals surface area contributed by atoms with Crippen molar-refractivity contribution >= 4 is 11.9 Å². The first-order valence-corrected chi connectivity index (χ1v) is 7.12. The smallest absolute Gasteiger partial charge is 0.308 e. The van der Waals surface area contributed by atoms with Gasteiger partial charge in [-0.05, 0) is 36.5 Å². The number of carboxylic acids is 1. The van der Waals surface area contributed by atoms with E-state index in [1.165, 1.54) is 12.1 Å². The Hall–Kier alpha value is -1.91. The number of nitrogens with one attached hydrogen (secondary N) is 1. The van der Waals surface area contributed by atoms with E-state index in [4.69, 9.17) is 5.11 Å². The second-order valence-electron chi connectivity index (χ2n) is 5.60. The number of aryl methyl sites for hydroxylation is 1. The monoisotopic (exact) mass is 295 g/mol. The number of hydrogen-bond acceptors (Lipinski definition) is 2. The van der Waals surface area contributed by atoms with E-state index in [1.54, 1.807) is 12.1 Å². The van der Waals surface area contributed by atoms with Gasteiger partial charge in [-0.25, -0.2) is 4.39 Å². The summed E-state index contributed by atoms with van der Waals surface area (Å²) in [5, 5.41) is 11.7. The summed E-state index contributed by atoms with van der Waals surface area (Å²) in [6.45, 7) is 4.05. The van der Waals surface area contributed by atoms with Crippen molar-refractivity contribution < 1.29 is 19.1 Å². The second kappa shape index (κ2) is 8.39. The first kappa shape index (κ1) is 17.1. The molecule has 5 heteroatoms. The maximum absolute atomic E-state index is 12.7. The number of halogens is 1. The third kappa shape index (κ3) is 6.88. The fourth-order valence-corrected chi connectivity index (χ4v) is 2.07. The Morgan fingerprint density at radius 3 is 2.38 bits per heavy atom. The molecule has 0 saturated heterocycles. The first-order valence-electron chi connectivity index (χ1n) is 7.12. The second-order valence-corrected chi connectivity index (χ2v) is 5.60. The number of hydrogen-bond donors (Lipinski definition) is 2. The number of benzene rings is 1. The molecule has 0 aromatic heterocycles. The predicted octanol–water partition coefficient (Wildman–Crippen LogP) is 2.62. The fraction of sp³-hybridized carbons (Fsp3) is 0.500. The molecule has 1 rings (SSSR count). The minimum Gasteiger partial charge on any atom is -0.481 e. The third-order valence-electron chi connectivity index (χ3n) is 3.20. The highest BCUT2D eigenvalue weighted by Gasteiger charge is 2.19. The van der Waals surface area contributed by atoms with E-state index < -0.39 is 11.9 Å². The number of aliphatic carboxylic acids is 1. The maximum Gasteiger partial charge on any atom is 0.308 e. The molecule has 21 heavy (non-hydrogen) atoms. The summed E-state index contributed by atoms with van der Waals surface area (Å²) in [5.41, 5.74) is 0.878. The molecule has 0 aliphatic carbocycles. The molecule has 0 bridgehead atoms. The summed E-state index contributed by atoms with van der Waals surface area (Å²) in [4.78, 5) is 22.8. The molecule has 0 spiro atoms. The maximum atomic E-state index is 12.7. The fourth-order valence-electron chi connectivity index (χ4n) is 2.07. The average molecular weight is 295 g/mol. The van der Waals surface area contributed by atoms with Crippen LogP contribution in [0.25, 0.3) is 0 Å². The van der Waals surface area contributed by atoms with Gasteiger partial charge in [-0.1, -0.05) is 26.0 Å². The Labute approximate surface area is 124 Å². The van der Waals surface area contributed by atoms with Crippen molar-refractivity contribution in [3.05, 3.63) is 35.6 Å². The third-order valence-corrected chi connectivity index (χ3v) is 3.20. The number of amides is 1. The highest BCUT2D eigenvalue weighted by Crippen LogP contribution is 2.11. The van der Waals surface area contributed by atoms with Crippen LogP contribution in [0.1, 0.15) is 32.3 Å².